The smallest absolute Gasteiger partial charge is 0.399 e. The lowest BCUT2D eigenvalue weighted by molar-refractivity contribution is -0.00334. The number of ether oxygens (including phenoxy) is 4. The van der Waals surface area contributed by atoms with Gasteiger partial charge < -0.3 is 28.3 Å². The molecule has 0 radical (unpaired) electrons. The van der Waals surface area contributed by atoms with Crippen LogP contribution < -0.4 is 5.46 Å². The van der Waals surface area contributed by atoms with Crippen molar-refractivity contribution >= 4 is 12.6 Å². The quantitative estimate of drug-likeness (QED) is 0.138. The molecule has 0 aliphatic carbocycles. The zero-order valence-electron chi connectivity index (χ0n) is 19.0. The minimum atomic E-state index is -0.347. The predicted octanol–water partition coefficient (Wildman–Crippen LogP) is 2.86. The number of azide groups is 1. The van der Waals surface area contributed by atoms with Gasteiger partial charge in [0.1, 0.15) is 0 Å². The molecule has 1 aliphatic rings. The van der Waals surface area contributed by atoms with E-state index in [1.54, 1.807) is 0 Å². The molecule has 0 amide bonds. The van der Waals surface area contributed by atoms with Gasteiger partial charge in [-0.2, -0.15) is 0 Å². The van der Waals surface area contributed by atoms with Gasteiger partial charge in [0, 0.05) is 11.5 Å². The first-order chi connectivity index (χ1) is 14.9. The van der Waals surface area contributed by atoms with Crippen LogP contribution in [-0.4, -0.2) is 71.1 Å². The Balaban J connectivity index is 1.49. The van der Waals surface area contributed by atoms with Crippen molar-refractivity contribution in [3.63, 3.8) is 0 Å². The summed E-state index contributed by atoms with van der Waals surface area (Å²) in [5.74, 6) is 0. The van der Waals surface area contributed by atoms with Crippen LogP contribution in [-0.2, 0) is 34.9 Å². The molecule has 1 aromatic carbocycles. The normalized spacial score (nSPS) is 17.0. The lowest BCUT2D eigenvalue weighted by atomic mass is 9.79. The largest absolute Gasteiger partial charge is 0.494 e. The molecule has 1 aliphatic heterocycles. The average Bonchev–Trinajstić information content (AvgIpc) is 2.96. The molecule has 1 heterocycles. The summed E-state index contributed by atoms with van der Waals surface area (Å²) in [6.45, 7) is 12.5. The SMILES string of the molecule is CC1(C)OB(c2ccc(COCCOCCOCCOCCN=[N+]=[N-])cc2)OC1(C)C. The fourth-order valence-electron chi connectivity index (χ4n) is 2.75. The molecule has 9 nitrogen and oxygen atoms in total. The maximum atomic E-state index is 8.12. The van der Waals surface area contributed by atoms with Crippen LogP contribution in [0.4, 0.5) is 0 Å². The summed E-state index contributed by atoms with van der Waals surface area (Å²) in [6, 6.07) is 8.11. The van der Waals surface area contributed by atoms with Crippen LogP contribution in [0.5, 0.6) is 0 Å². The van der Waals surface area contributed by atoms with Gasteiger partial charge in [0.05, 0.1) is 64.1 Å². The van der Waals surface area contributed by atoms with Crippen molar-refractivity contribution in [3.05, 3.63) is 40.3 Å². The third-order valence-electron chi connectivity index (χ3n) is 5.29. The molecule has 10 heteroatoms. The Kier molecular flexibility index (Phi) is 10.8. The number of rotatable bonds is 15. The van der Waals surface area contributed by atoms with Gasteiger partial charge >= 0.3 is 7.12 Å². The van der Waals surface area contributed by atoms with Gasteiger partial charge in [0.2, 0.25) is 0 Å². The predicted molar refractivity (Wildman–Crippen MR) is 118 cm³/mol. The van der Waals surface area contributed by atoms with Crippen LogP contribution >= 0.6 is 0 Å². The Morgan fingerprint density at radius 2 is 1.29 bits per heavy atom. The molecule has 0 bridgehead atoms. The van der Waals surface area contributed by atoms with E-state index < -0.39 is 0 Å². The Morgan fingerprint density at radius 1 is 0.806 bits per heavy atom. The minimum Gasteiger partial charge on any atom is -0.399 e. The third-order valence-corrected chi connectivity index (χ3v) is 5.29. The summed E-state index contributed by atoms with van der Waals surface area (Å²) in [4.78, 5) is 2.65. The van der Waals surface area contributed by atoms with Crippen molar-refractivity contribution in [2.45, 2.75) is 45.5 Å². The van der Waals surface area contributed by atoms with E-state index in [4.69, 9.17) is 33.8 Å². The Hall–Kier alpha value is -1.65. The highest BCUT2D eigenvalue weighted by atomic mass is 16.7. The van der Waals surface area contributed by atoms with E-state index in [0.29, 0.717) is 59.4 Å². The van der Waals surface area contributed by atoms with E-state index in [9.17, 15) is 0 Å². The van der Waals surface area contributed by atoms with Crippen LogP contribution in [0, 0.1) is 0 Å². The second kappa shape index (κ2) is 13.0. The molecule has 2 rings (SSSR count). The van der Waals surface area contributed by atoms with E-state index in [1.807, 2.05) is 24.3 Å². The van der Waals surface area contributed by atoms with Gasteiger partial charge in [0.25, 0.3) is 0 Å². The zero-order chi connectivity index (χ0) is 22.6. The fourth-order valence-corrected chi connectivity index (χ4v) is 2.75. The van der Waals surface area contributed by atoms with E-state index in [0.717, 1.165) is 11.0 Å². The van der Waals surface area contributed by atoms with E-state index in [2.05, 4.69) is 37.7 Å². The van der Waals surface area contributed by atoms with Crippen LogP contribution in [0.25, 0.3) is 10.4 Å². The molecular formula is C21H34BN3O6. The molecule has 0 unspecified atom stereocenters. The molecule has 1 saturated heterocycles. The summed E-state index contributed by atoms with van der Waals surface area (Å²) in [5.41, 5.74) is 9.54. The van der Waals surface area contributed by atoms with Crippen molar-refractivity contribution in [2.24, 2.45) is 5.11 Å². The van der Waals surface area contributed by atoms with Crippen molar-refractivity contribution in [2.75, 3.05) is 52.8 Å². The molecular weight excluding hydrogens is 401 g/mol. The minimum absolute atomic E-state index is 0.337. The maximum Gasteiger partial charge on any atom is 0.494 e. The first-order valence-corrected chi connectivity index (χ1v) is 10.6. The highest BCUT2D eigenvalue weighted by molar-refractivity contribution is 6.62. The third kappa shape index (κ3) is 8.78. The van der Waals surface area contributed by atoms with E-state index in [1.165, 1.54) is 0 Å². The first kappa shape index (κ1) is 25.6. The highest BCUT2D eigenvalue weighted by Gasteiger charge is 2.51. The summed E-state index contributed by atoms with van der Waals surface area (Å²) in [5, 5.41) is 3.38. The summed E-state index contributed by atoms with van der Waals surface area (Å²) >= 11 is 0. The van der Waals surface area contributed by atoms with Crippen molar-refractivity contribution in [3.8, 4) is 0 Å². The molecule has 0 aromatic heterocycles. The van der Waals surface area contributed by atoms with Gasteiger partial charge in [0.15, 0.2) is 0 Å². The monoisotopic (exact) mass is 435 g/mol. The second-order valence-electron chi connectivity index (χ2n) is 8.17. The van der Waals surface area contributed by atoms with Gasteiger partial charge in [-0.15, -0.1) is 0 Å². The molecule has 0 saturated carbocycles. The molecule has 1 fully saturated rings. The Labute approximate surface area is 185 Å². The number of hydrogen-bond acceptors (Lipinski definition) is 7. The fraction of sp³-hybridized carbons (Fsp3) is 0.714. The Morgan fingerprint density at radius 3 is 1.81 bits per heavy atom. The van der Waals surface area contributed by atoms with E-state index in [-0.39, 0.29) is 18.3 Å². The van der Waals surface area contributed by atoms with Gasteiger partial charge in [-0.05, 0) is 44.3 Å². The van der Waals surface area contributed by atoms with Gasteiger partial charge in [-0.1, -0.05) is 29.4 Å². The van der Waals surface area contributed by atoms with Crippen molar-refractivity contribution < 1.29 is 28.3 Å². The summed E-state index contributed by atoms with van der Waals surface area (Å²) in [7, 11) is -0.347. The number of benzene rings is 1. The van der Waals surface area contributed by atoms with Crippen molar-refractivity contribution in [1.29, 1.82) is 0 Å². The topological polar surface area (TPSA) is 104 Å². The average molecular weight is 435 g/mol. The standard InChI is InChI=1S/C21H34BN3O6/c1-20(2)21(3,4)31-22(30-20)19-7-5-18(6-8-19)17-29-16-15-28-14-13-27-12-11-26-10-9-24-25-23/h5-8H,9-17H2,1-4H3. The zero-order valence-corrected chi connectivity index (χ0v) is 19.0. The highest BCUT2D eigenvalue weighted by Crippen LogP contribution is 2.36. The maximum absolute atomic E-state index is 8.12. The molecule has 0 atom stereocenters. The molecule has 31 heavy (non-hydrogen) atoms. The summed E-state index contributed by atoms with van der Waals surface area (Å²) in [6.07, 6.45) is 0. The molecule has 0 spiro atoms. The Bertz CT molecular complexity index is 679. The van der Waals surface area contributed by atoms with Crippen LogP contribution in [0.1, 0.15) is 33.3 Å². The lowest BCUT2D eigenvalue weighted by Gasteiger charge is -2.32. The van der Waals surface area contributed by atoms with Gasteiger partial charge in [-0.25, -0.2) is 0 Å². The number of hydrogen-bond donors (Lipinski definition) is 0. The van der Waals surface area contributed by atoms with Gasteiger partial charge in [-0.3, -0.25) is 0 Å². The second-order valence-corrected chi connectivity index (χ2v) is 8.17. The summed E-state index contributed by atoms with van der Waals surface area (Å²) < 4.78 is 33.9. The van der Waals surface area contributed by atoms with Crippen molar-refractivity contribution in [1.82, 2.24) is 0 Å². The molecule has 0 N–H and O–H groups in total. The number of nitrogens with zero attached hydrogens (tertiary/aromatic N) is 3. The van der Waals surface area contributed by atoms with Crippen LogP contribution in [0.15, 0.2) is 29.4 Å². The van der Waals surface area contributed by atoms with Crippen LogP contribution in [0.2, 0.25) is 0 Å². The molecule has 1 aromatic rings. The van der Waals surface area contributed by atoms with E-state index >= 15 is 0 Å². The van der Waals surface area contributed by atoms with Crippen LogP contribution in [0.3, 0.4) is 0 Å². The first-order valence-electron chi connectivity index (χ1n) is 10.6. The lowest BCUT2D eigenvalue weighted by Crippen LogP contribution is -2.41. The molecule has 172 valence electrons.